The molecule has 1 aliphatic heterocycles. The summed E-state index contributed by atoms with van der Waals surface area (Å²) >= 11 is 0. The molecule has 130 valence electrons. The quantitative estimate of drug-likeness (QED) is 0.867. The number of aromatic nitrogens is 2. The van der Waals surface area contributed by atoms with E-state index >= 15 is 0 Å². The van der Waals surface area contributed by atoms with E-state index in [9.17, 15) is 4.79 Å². The van der Waals surface area contributed by atoms with E-state index in [4.69, 9.17) is 9.78 Å². The van der Waals surface area contributed by atoms with Crippen molar-refractivity contribution in [3.05, 3.63) is 41.5 Å². The number of hydrogen-bond donors (Lipinski definition) is 1. The first-order valence-corrected chi connectivity index (χ1v) is 8.16. The summed E-state index contributed by atoms with van der Waals surface area (Å²) in [6, 6.07) is 8.98. The number of hydrogen-bond acceptors (Lipinski definition) is 7. The Morgan fingerprint density at radius 1 is 1.32 bits per heavy atom. The van der Waals surface area contributed by atoms with Crippen molar-refractivity contribution >= 4 is 11.6 Å². The fourth-order valence-corrected chi connectivity index (χ4v) is 2.77. The molecule has 1 N–H and O–H groups in total. The van der Waals surface area contributed by atoms with Gasteiger partial charge in [0, 0.05) is 31.9 Å². The third kappa shape index (κ3) is 4.86. The van der Waals surface area contributed by atoms with Crippen molar-refractivity contribution < 1.29 is 9.32 Å². The van der Waals surface area contributed by atoms with Crippen LogP contribution in [0.5, 0.6) is 0 Å². The molecular weight excluding hydrogens is 320 g/mol. The van der Waals surface area contributed by atoms with Crippen LogP contribution in [0.3, 0.4) is 0 Å². The number of nitrogens with one attached hydrogen (secondary N) is 1. The average Bonchev–Trinajstić information content (AvgIpc) is 3.01. The Morgan fingerprint density at radius 3 is 2.76 bits per heavy atom. The third-order valence-corrected chi connectivity index (χ3v) is 4.04. The van der Waals surface area contributed by atoms with Crippen LogP contribution in [-0.4, -0.2) is 58.6 Å². The van der Waals surface area contributed by atoms with Crippen LogP contribution in [-0.2, 0) is 11.3 Å². The second-order valence-electron chi connectivity index (χ2n) is 6.03. The summed E-state index contributed by atoms with van der Waals surface area (Å²) in [6.07, 6.45) is 0. The number of aryl methyl sites for hydroxylation is 1. The van der Waals surface area contributed by atoms with Gasteiger partial charge in [-0.15, -0.1) is 0 Å². The Kier molecular flexibility index (Phi) is 5.38. The molecule has 3 rings (SSSR count). The standard InChI is InChI=1S/C17H20N6O2/c1-13-19-17(25-21-13)12-23-7-5-22(6-8-23)11-16(24)20-15-4-2-3-14(9-15)10-18/h2-4,9H,5-8,11-12H2,1H3,(H,20,24). The van der Waals surface area contributed by atoms with E-state index in [2.05, 4.69) is 31.3 Å². The van der Waals surface area contributed by atoms with E-state index in [1.165, 1.54) is 0 Å². The Bertz CT molecular complexity index is 773. The SMILES string of the molecule is Cc1noc(CN2CCN(CC(=O)Nc3cccc(C#N)c3)CC2)n1. The topological polar surface area (TPSA) is 98.3 Å². The van der Waals surface area contributed by atoms with Gasteiger partial charge in [0.05, 0.1) is 24.7 Å². The van der Waals surface area contributed by atoms with Gasteiger partial charge >= 0.3 is 0 Å². The van der Waals surface area contributed by atoms with Gasteiger partial charge in [-0.3, -0.25) is 14.6 Å². The number of rotatable bonds is 5. The first-order valence-electron chi connectivity index (χ1n) is 8.16. The number of amides is 1. The van der Waals surface area contributed by atoms with Crippen LogP contribution < -0.4 is 5.32 Å². The first-order chi connectivity index (χ1) is 12.1. The number of anilines is 1. The normalized spacial score (nSPS) is 15.7. The molecule has 0 bridgehead atoms. The van der Waals surface area contributed by atoms with Crippen molar-refractivity contribution in [2.45, 2.75) is 13.5 Å². The average molecular weight is 340 g/mol. The van der Waals surface area contributed by atoms with Gasteiger partial charge in [-0.2, -0.15) is 10.2 Å². The van der Waals surface area contributed by atoms with Crippen LogP contribution in [0.2, 0.25) is 0 Å². The smallest absolute Gasteiger partial charge is 0.240 e. The number of carbonyl (C=O) groups excluding carboxylic acids is 1. The lowest BCUT2D eigenvalue weighted by Gasteiger charge is -2.33. The zero-order valence-electron chi connectivity index (χ0n) is 14.1. The fraction of sp³-hybridized carbons (Fsp3) is 0.412. The van der Waals surface area contributed by atoms with Gasteiger partial charge in [0.15, 0.2) is 5.82 Å². The molecule has 1 fully saturated rings. The molecule has 25 heavy (non-hydrogen) atoms. The largest absolute Gasteiger partial charge is 0.338 e. The van der Waals surface area contributed by atoms with E-state index in [0.29, 0.717) is 36.1 Å². The van der Waals surface area contributed by atoms with E-state index in [1.54, 1.807) is 31.2 Å². The van der Waals surface area contributed by atoms with Gasteiger partial charge in [-0.1, -0.05) is 11.2 Å². The minimum absolute atomic E-state index is 0.0731. The summed E-state index contributed by atoms with van der Waals surface area (Å²) in [5.41, 5.74) is 1.18. The first kappa shape index (κ1) is 17.1. The van der Waals surface area contributed by atoms with E-state index in [0.717, 1.165) is 26.2 Å². The molecule has 0 radical (unpaired) electrons. The summed E-state index contributed by atoms with van der Waals surface area (Å²) < 4.78 is 5.14. The highest BCUT2D eigenvalue weighted by atomic mass is 16.5. The highest BCUT2D eigenvalue weighted by molar-refractivity contribution is 5.92. The van der Waals surface area contributed by atoms with Crippen LogP contribution in [0, 0.1) is 18.3 Å². The van der Waals surface area contributed by atoms with E-state index < -0.39 is 0 Å². The molecule has 1 saturated heterocycles. The van der Waals surface area contributed by atoms with Gasteiger partial charge in [-0.25, -0.2) is 0 Å². The molecule has 2 heterocycles. The molecule has 0 aliphatic carbocycles. The van der Waals surface area contributed by atoms with Gasteiger partial charge in [0.25, 0.3) is 0 Å². The van der Waals surface area contributed by atoms with Crippen LogP contribution in [0.15, 0.2) is 28.8 Å². The van der Waals surface area contributed by atoms with E-state index in [-0.39, 0.29) is 5.91 Å². The lowest BCUT2D eigenvalue weighted by Crippen LogP contribution is -2.48. The molecule has 0 atom stereocenters. The molecule has 1 aliphatic rings. The van der Waals surface area contributed by atoms with Crippen molar-refractivity contribution in [1.29, 1.82) is 5.26 Å². The van der Waals surface area contributed by atoms with Crippen molar-refractivity contribution in [2.75, 3.05) is 38.0 Å². The maximum atomic E-state index is 12.2. The number of piperazine rings is 1. The van der Waals surface area contributed by atoms with Gasteiger partial charge in [0.1, 0.15) is 0 Å². The minimum Gasteiger partial charge on any atom is -0.338 e. The third-order valence-electron chi connectivity index (χ3n) is 4.04. The predicted octanol–water partition coefficient (Wildman–Crippen LogP) is 1.01. The summed E-state index contributed by atoms with van der Waals surface area (Å²) in [4.78, 5) is 20.7. The molecule has 1 amide bonds. The maximum absolute atomic E-state index is 12.2. The number of benzene rings is 1. The summed E-state index contributed by atoms with van der Waals surface area (Å²) in [5.74, 6) is 1.20. The summed E-state index contributed by atoms with van der Waals surface area (Å²) in [7, 11) is 0. The zero-order chi connectivity index (χ0) is 17.6. The lowest BCUT2D eigenvalue weighted by atomic mass is 10.2. The minimum atomic E-state index is -0.0731. The van der Waals surface area contributed by atoms with Crippen LogP contribution >= 0.6 is 0 Å². The van der Waals surface area contributed by atoms with Crippen molar-refractivity contribution in [3.8, 4) is 6.07 Å². The maximum Gasteiger partial charge on any atom is 0.240 e. The zero-order valence-corrected chi connectivity index (χ0v) is 14.1. The highest BCUT2D eigenvalue weighted by Crippen LogP contribution is 2.11. The Labute approximate surface area is 146 Å². The molecule has 1 aromatic carbocycles. The molecule has 0 saturated carbocycles. The van der Waals surface area contributed by atoms with Crippen molar-refractivity contribution in [3.63, 3.8) is 0 Å². The Hall–Kier alpha value is -2.76. The van der Waals surface area contributed by atoms with Gasteiger partial charge in [-0.05, 0) is 25.1 Å². The second-order valence-corrected chi connectivity index (χ2v) is 6.03. The second kappa shape index (κ2) is 7.88. The van der Waals surface area contributed by atoms with Crippen LogP contribution in [0.25, 0.3) is 0 Å². The summed E-state index contributed by atoms with van der Waals surface area (Å²) in [6.45, 7) is 6.08. The molecule has 0 unspecified atom stereocenters. The van der Waals surface area contributed by atoms with E-state index in [1.807, 2.05) is 0 Å². The molecule has 8 nitrogen and oxygen atoms in total. The fourth-order valence-electron chi connectivity index (χ4n) is 2.77. The Morgan fingerprint density at radius 2 is 2.08 bits per heavy atom. The van der Waals surface area contributed by atoms with Crippen LogP contribution in [0.4, 0.5) is 5.69 Å². The number of nitriles is 1. The molecule has 0 spiro atoms. The lowest BCUT2D eigenvalue weighted by molar-refractivity contribution is -0.117. The predicted molar refractivity (Wildman–Crippen MR) is 90.5 cm³/mol. The van der Waals surface area contributed by atoms with Crippen LogP contribution in [0.1, 0.15) is 17.3 Å². The van der Waals surface area contributed by atoms with Crippen molar-refractivity contribution in [1.82, 2.24) is 19.9 Å². The Balaban J connectivity index is 1.43. The summed E-state index contributed by atoms with van der Waals surface area (Å²) in [5, 5.41) is 15.5. The number of nitrogens with zero attached hydrogens (tertiary/aromatic N) is 5. The molecule has 2 aromatic rings. The van der Waals surface area contributed by atoms with Crippen molar-refractivity contribution in [2.24, 2.45) is 0 Å². The number of carbonyl (C=O) groups is 1. The molecular formula is C17H20N6O2. The monoisotopic (exact) mass is 340 g/mol. The van der Waals surface area contributed by atoms with Gasteiger partial charge in [0.2, 0.25) is 11.8 Å². The van der Waals surface area contributed by atoms with Gasteiger partial charge < -0.3 is 9.84 Å². The molecule has 8 heteroatoms. The molecule has 1 aromatic heterocycles. The highest BCUT2D eigenvalue weighted by Gasteiger charge is 2.20.